The van der Waals surface area contributed by atoms with Crippen LogP contribution in [0.25, 0.3) is 0 Å². The van der Waals surface area contributed by atoms with Crippen molar-refractivity contribution in [1.29, 1.82) is 0 Å². The molecule has 5 rings (SSSR count). The van der Waals surface area contributed by atoms with E-state index >= 15 is 0 Å². The summed E-state index contributed by atoms with van der Waals surface area (Å²) in [4.78, 5) is 70.5. The summed E-state index contributed by atoms with van der Waals surface area (Å²) in [5, 5.41) is 14.4. The predicted octanol–water partition coefficient (Wildman–Crippen LogP) is 2.22. The molecule has 2 atom stereocenters. The maximum absolute atomic E-state index is 13.9. The average Bonchev–Trinajstić information content (AvgIpc) is 3.81. The lowest BCUT2D eigenvalue weighted by Gasteiger charge is -2.32. The molecule has 0 aromatic heterocycles. The third-order valence-corrected chi connectivity index (χ3v) is 9.59. The van der Waals surface area contributed by atoms with E-state index in [2.05, 4.69) is 31.5 Å². The average molecular weight is 675 g/mol. The van der Waals surface area contributed by atoms with Crippen molar-refractivity contribution >= 4 is 29.5 Å². The zero-order valence-electron chi connectivity index (χ0n) is 28.3. The number of benzene rings is 2. The Kier molecular flexibility index (Phi) is 13.0. The van der Waals surface area contributed by atoms with E-state index in [-0.39, 0.29) is 37.5 Å². The number of hydrogen-bond donors (Lipinski definition) is 5. The quantitative estimate of drug-likeness (QED) is 0.269. The maximum Gasteiger partial charge on any atom is 0.255 e. The van der Waals surface area contributed by atoms with E-state index in [1.165, 1.54) is 12.8 Å². The Morgan fingerprint density at radius 3 is 2.39 bits per heavy atom. The van der Waals surface area contributed by atoms with Crippen LogP contribution < -0.4 is 31.3 Å². The van der Waals surface area contributed by atoms with Crippen molar-refractivity contribution in [3.8, 4) is 5.75 Å². The fraction of sp³-hybridized carbons (Fsp3) is 0.541. The summed E-state index contributed by atoms with van der Waals surface area (Å²) in [7, 11) is 0. The number of fused-ring (bicyclic) bond motifs is 1. The highest BCUT2D eigenvalue weighted by atomic mass is 16.5. The van der Waals surface area contributed by atoms with E-state index in [0.29, 0.717) is 31.6 Å². The number of ether oxygens (including phenoxy) is 1. The van der Waals surface area contributed by atoms with Crippen LogP contribution in [0.5, 0.6) is 5.75 Å². The van der Waals surface area contributed by atoms with Gasteiger partial charge >= 0.3 is 0 Å². The normalized spacial score (nSPS) is 22.4. The van der Waals surface area contributed by atoms with Crippen LogP contribution in [0.4, 0.5) is 0 Å². The van der Waals surface area contributed by atoms with Crippen LogP contribution in [0.15, 0.2) is 54.6 Å². The van der Waals surface area contributed by atoms with Crippen molar-refractivity contribution in [3.05, 3.63) is 65.7 Å². The summed E-state index contributed by atoms with van der Waals surface area (Å²) in [6.45, 7) is 4.12. The molecule has 1 saturated carbocycles. The van der Waals surface area contributed by atoms with E-state index in [1.54, 1.807) is 24.3 Å². The molecule has 49 heavy (non-hydrogen) atoms. The number of unbranched alkanes of at least 4 members (excludes halogenated alkanes) is 1. The van der Waals surface area contributed by atoms with Crippen LogP contribution in [0.1, 0.15) is 80.1 Å². The molecular formula is C37H50N6O6. The molecule has 12 heteroatoms. The molecular weight excluding hydrogens is 624 g/mol. The fourth-order valence-corrected chi connectivity index (χ4v) is 6.86. The van der Waals surface area contributed by atoms with Gasteiger partial charge in [0.15, 0.2) is 0 Å². The van der Waals surface area contributed by atoms with Crippen molar-refractivity contribution < 1.29 is 28.7 Å². The third-order valence-electron chi connectivity index (χ3n) is 9.59. The number of nitrogens with zero attached hydrogens (tertiary/aromatic N) is 1. The van der Waals surface area contributed by atoms with Gasteiger partial charge < -0.3 is 36.2 Å². The summed E-state index contributed by atoms with van der Waals surface area (Å²) in [6.07, 6.45) is 6.76. The zero-order chi connectivity index (χ0) is 34.5. The second-order valence-electron chi connectivity index (χ2n) is 13.3. The Labute approximate surface area is 288 Å². The van der Waals surface area contributed by atoms with Crippen LogP contribution in [-0.2, 0) is 25.6 Å². The van der Waals surface area contributed by atoms with Gasteiger partial charge in [-0.1, -0.05) is 55.3 Å². The van der Waals surface area contributed by atoms with Crippen molar-refractivity contribution in [2.45, 2.75) is 88.3 Å². The Hall–Kier alpha value is -4.45. The Morgan fingerprint density at radius 2 is 1.61 bits per heavy atom. The van der Waals surface area contributed by atoms with Gasteiger partial charge in [0.25, 0.3) is 5.91 Å². The highest BCUT2D eigenvalue weighted by Crippen LogP contribution is 2.30. The van der Waals surface area contributed by atoms with Gasteiger partial charge in [0.2, 0.25) is 23.6 Å². The molecule has 5 amide bonds. The number of hydrogen-bond acceptors (Lipinski definition) is 7. The monoisotopic (exact) mass is 674 g/mol. The smallest absolute Gasteiger partial charge is 0.255 e. The fourth-order valence-electron chi connectivity index (χ4n) is 6.86. The van der Waals surface area contributed by atoms with Gasteiger partial charge in [-0.3, -0.25) is 24.0 Å². The lowest BCUT2D eigenvalue weighted by atomic mass is 9.94. The lowest BCUT2D eigenvalue weighted by molar-refractivity contribution is -0.136. The Morgan fingerprint density at radius 1 is 0.878 bits per heavy atom. The first-order valence-corrected chi connectivity index (χ1v) is 17.8. The molecule has 1 saturated heterocycles. The molecule has 12 nitrogen and oxygen atoms in total. The van der Waals surface area contributed by atoms with Crippen LogP contribution in [-0.4, -0.2) is 91.4 Å². The van der Waals surface area contributed by atoms with E-state index in [1.807, 2.05) is 30.3 Å². The minimum atomic E-state index is -1.24. The molecule has 264 valence electrons. The van der Waals surface area contributed by atoms with Gasteiger partial charge in [0, 0.05) is 19.5 Å². The number of carbonyl (C=O) groups excluding carboxylic acids is 5. The van der Waals surface area contributed by atoms with Crippen molar-refractivity contribution in [2.75, 3.05) is 39.3 Å². The van der Waals surface area contributed by atoms with Crippen LogP contribution >= 0.6 is 0 Å². The van der Waals surface area contributed by atoms with E-state index in [9.17, 15) is 24.0 Å². The number of amides is 5. The summed E-state index contributed by atoms with van der Waals surface area (Å²) < 4.78 is 5.93. The molecule has 5 N–H and O–H groups in total. The van der Waals surface area contributed by atoms with Crippen molar-refractivity contribution in [1.82, 2.24) is 31.5 Å². The second-order valence-corrected chi connectivity index (χ2v) is 13.3. The number of likely N-dealkylation sites (tertiary alicyclic amines) is 1. The molecule has 3 aliphatic rings. The van der Waals surface area contributed by atoms with Crippen LogP contribution in [0.2, 0.25) is 0 Å². The third kappa shape index (κ3) is 10.3. The Balaban J connectivity index is 1.34. The number of carbonyl (C=O) groups is 5. The minimum absolute atomic E-state index is 0.215. The highest BCUT2D eigenvalue weighted by molar-refractivity contribution is 6.01. The molecule has 1 spiro atoms. The van der Waals surface area contributed by atoms with Gasteiger partial charge in [-0.05, 0) is 82.3 Å². The first-order valence-electron chi connectivity index (χ1n) is 17.8. The minimum Gasteiger partial charge on any atom is -0.493 e. The molecule has 1 aliphatic carbocycles. The largest absolute Gasteiger partial charge is 0.493 e. The molecule has 2 aromatic carbocycles. The first kappa shape index (κ1) is 35.8. The van der Waals surface area contributed by atoms with Crippen LogP contribution in [0, 0.1) is 0 Å². The van der Waals surface area contributed by atoms with Gasteiger partial charge in [0.1, 0.15) is 23.4 Å². The molecule has 2 aliphatic heterocycles. The summed E-state index contributed by atoms with van der Waals surface area (Å²) >= 11 is 0. The zero-order valence-corrected chi connectivity index (χ0v) is 28.3. The Bertz CT molecular complexity index is 1440. The van der Waals surface area contributed by atoms with Gasteiger partial charge in [-0.25, -0.2) is 0 Å². The number of nitrogens with one attached hydrogen (secondary N) is 5. The van der Waals surface area contributed by atoms with Crippen LogP contribution in [0.3, 0.4) is 0 Å². The SMILES string of the molecule is O=C1C[C@@H](C(=O)NCCCCN2CCCC2)NC(=O)c2ccccc2OCCCNC(=O)[C@H](Cc2ccccc2)NC(=O)C2(CCCC2)N1. The maximum atomic E-state index is 13.9. The van der Waals surface area contributed by atoms with Gasteiger partial charge in [0.05, 0.1) is 18.6 Å². The molecule has 0 unspecified atom stereocenters. The number of para-hydroxylation sites is 1. The lowest BCUT2D eigenvalue weighted by Crippen LogP contribution is -2.62. The van der Waals surface area contributed by atoms with Crippen molar-refractivity contribution in [3.63, 3.8) is 0 Å². The summed E-state index contributed by atoms with van der Waals surface area (Å²) in [6, 6.07) is 14.1. The predicted molar refractivity (Wildman–Crippen MR) is 185 cm³/mol. The standard InChI is InChI=1S/C37H50N6O6/c44-32-26-30(35(47)38-19-8-9-21-43-22-10-11-23-43)40-33(45)28-15-4-5-16-31(28)49-24-12-20-39-34(46)29(25-27-13-2-1-3-14-27)41-36(48)37(42-32)17-6-7-18-37/h1-5,13-16,29-30H,6-12,17-26H2,(H,38,47)(H,39,46)(H,40,45)(H,41,48)(H,42,44)/t29-,30-/m0/s1. The van der Waals surface area contributed by atoms with Gasteiger partial charge in [-0.2, -0.15) is 0 Å². The van der Waals surface area contributed by atoms with Gasteiger partial charge in [-0.15, -0.1) is 0 Å². The molecule has 2 fully saturated rings. The van der Waals surface area contributed by atoms with E-state index in [0.717, 1.165) is 50.9 Å². The first-order chi connectivity index (χ1) is 23.8. The topological polar surface area (TPSA) is 158 Å². The van der Waals surface area contributed by atoms with Crippen molar-refractivity contribution in [2.24, 2.45) is 0 Å². The molecule has 2 aromatic rings. The second kappa shape index (κ2) is 17.8. The molecule has 0 radical (unpaired) electrons. The molecule has 2 heterocycles. The summed E-state index contributed by atoms with van der Waals surface area (Å²) in [5.41, 5.74) is -0.125. The van der Waals surface area contributed by atoms with E-state index in [4.69, 9.17) is 4.74 Å². The van der Waals surface area contributed by atoms with E-state index < -0.39 is 41.3 Å². The summed E-state index contributed by atoms with van der Waals surface area (Å²) in [5.74, 6) is -2.00. The molecule has 0 bridgehead atoms. The number of rotatable bonds is 8. The highest BCUT2D eigenvalue weighted by Gasteiger charge is 2.44.